The Labute approximate surface area is 173 Å². The van der Waals surface area contributed by atoms with E-state index in [0.717, 1.165) is 22.3 Å². The Morgan fingerprint density at radius 1 is 1.07 bits per heavy atom. The number of nitrogens with one attached hydrogen (secondary N) is 2. The van der Waals surface area contributed by atoms with Crippen LogP contribution in [0.25, 0.3) is 11.1 Å². The molecule has 2 amide bonds. The number of rotatable bonds is 7. The van der Waals surface area contributed by atoms with Gasteiger partial charge in [-0.25, -0.2) is 9.59 Å². The maximum Gasteiger partial charge on any atom is 0.407 e. The Bertz CT molecular complexity index is 930. The number of hydrogen-bond acceptors (Lipinski definition) is 5. The van der Waals surface area contributed by atoms with Crippen molar-refractivity contribution in [3.05, 3.63) is 59.7 Å². The average Bonchev–Trinajstić information content (AvgIpc) is 3.05. The van der Waals surface area contributed by atoms with E-state index in [9.17, 15) is 19.5 Å². The highest BCUT2D eigenvalue weighted by Crippen LogP contribution is 2.44. The summed E-state index contributed by atoms with van der Waals surface area (Å²) in [5.41, 5.74) is 2.50. The Hall–Kier alpha value is -3.39. The van der Waals surface area contributed by atoms with Gasteiger partial charge < -0.3 is 25.6 Å². The quantitative estimate of drug-likeness (QED) is 0.550. The molecule has 158 valence electrons. The Morgan fingerprint density at radius 3 is 2.10 bits per heavy atom. The predicted molar refractivity (Wildman–Crippen MR) is 109 cm³/mol. The largest absolute Gasteiger partial charge is 0.479 e. The molecule has 2 aromatic rings. The number of benzene rings is 2. The third kappa shape index (κ3) is 4.13. The number of hydrogen-bond donors (Lipinski definition) is 4. The Balaban J connectivity index is 1.61. The zero-order valence-electron chi connectivity index (χ0n) is 16.7. The number of amides is 2. The minimum Gasteiger partial charge on any atom is -0.479 e. The zero-order chi connectivity index (χ0) is 21.9. The molecule has 0 aromatic heterocycles. The summed E-state index contributed by atoms with van der Waals surface area (Å²) in [7, 11) is 0. The molecule has 0 aliphatic heterocycles. The summed E-state index contributed by atoms with van der Waals surface area (Å²) in [5, 5.41) is 23.0. The van der Waals surface area contributed by atoms with Crippen LogP contribution in [0.4, 0.5) is 4.79 Å². The van der Waals surface area contributed by atoms with Crippen molar-refractivity contribution in [1.82, 2.24) is 10.6 Å². The first-order chi connectivity index (χ1) is 14.3. The van der Waals surface area contributed by atoms with E-state index in [2.05, 4.69) is 10.6 Å². The van der Waals surface area contributed by atoms with Crippen molar-refractivity contribution in [2.24, 2.45) is 0 Å². The van der Waals surface area contributed by atoms with Crippen LogP contribution in [-0.2, 0) is 14.3 Å². The van der Waals surface area contributed by atoms with Crippen LogP contribution in [0.5, 0.6) is 0 Å². The highest BCUT2D eigenvalue weighted by molar-refractivity contribution is 5.91. The maximum atomic E-state index is 12.2. The van der Waals surface area contributed by atoms with E-state index in [0.29, 0.717) is 0 Å². The summed E-state index contributed by atoms with van der Waals surface area (Å²) in [4.78, 5) is 35.6. The van der Waals surface area contributed by atoms with Crippen molar-refractivity contribution in [3.8, 4) is 11.1 Å². The summed E-state index contributed by atoms with van der Waals surface area (Å²) < 4.78 is 5.37. The lowest BCUT2D eigenvalue weighted by atomic mass is 9.98. The van der Waals surface area contributed by atoms with Crippen LogP contribution in [0, 0.1) is 0 Å². The van der Waals surface area contributed by atoms with Gasteiger partial charge in [0, 0.05) is 5.92 Å². The Morgan fingerprint density at radius 2 is 1.60 bits per heavy atom. The molecular weight excluding hydrogens is 388 g/mol. The summed E-state index contributed by atoms with van der Waals surface area (Å²) >= 11 is 0. The summed E-state index contributed by atoms with van der Waals surface area (Å²) in [6.45, 7) is 1.88. The van der Waals surface area contributed by atoms with Gasteiger partial charge >= 0.3 is 12.1 Å². The van der Waals surface area contributed by atoms with Gasteiger partial charge in [0.2, 0.25) is 5.91 Å². The second kappa shape index (κ2) is 8.54. The van der Waals surface area contributed by atoms with Crippen molar-refractivity contribution in [2.45, 2.75) is 31.3 Å². The number of ether oxygens (including phenoxy) is 1. The molecule has 2 aromatic carbocycles. The van der Waals surface area contributed by atoms with Gasteiger partial charge in [0.15, 0.2) is 5.54 Å². The van der Waals surface area contributed by atoms with Gasteiger partial charge in [0.25, 0.3) is 0 Å². The van der Waals surface area contributed by atoms with Gasteiger partial charge in [0.1, 0.15) is 12.6 Å². The number of aliphatic carboxylic acids is 1. The molecule has 0 fully saturated rings. The van der Waals surface area contributed by atoms with E-state index in [1.54, 1.807) is 0 Å². The summed E-state index contributed by atoms with van der Waals surface area (Å²) in [5.74, 6) is -2.24. The third-order valence-corrected chi connectivity index (χ3v) is 5.26. The normalized spacial score (nSPS) is 15.3. The summed E-state index contributed by atoms with van der Waals surface area (Å²) in [6.07, 6.45) is -0.791. The minimum atomic E-state index is -1.84. The van der Waals surface area contributed by atoms with Crippen LogP contribution in [0.3, 0.4) is 0 Å². The van der Waals surface area contributed by atoms with E-state index >= 15 is 0 Å². The molecule has 0 spiro atoms. The van der Waals surface area contributed by atoms with E-state index in [1.807, 2.05) is 48.5 Å². The molecule has 1 aliphatic rings. The second-order valence-corrected chi connectivity index (χ2v) is 7.48. The molecule has 0 heterocycles. The number of carboxylic acids is 1. The minimum absolute atomic E-state index is 0.0949. The molecular formula is C22H24N2O6. The Kier molecular flexibility index (Phi) is 6.07. The van der Waals surface area contributed by atoms with Gasteiger partial charge in [-0.1, -0.05) is 48.5 Å². The fourth-order valence-electron chi connectivity index (χ4n) is 3.42. The zero-order valence-corrected chi connectivity index (χ0v) is 16.7. The fourth-order valence-corrected chi connectivity index (χ4v) is 3.42. The van der Waals surface area contributed by atoms with Gasteiger partial charge in [-0.3, -0.25) is 4.79 Å². The van der Waals surface area contributed by atoms with Crippen molar-refractivity contribution in [2.75, 3.05) is 13.2 Å². The third-order valence-electron chi connectivity index (χ3n) is 5.26. The second-order valence-electron chi connectivity index (χ2n) is 7.48. The van der Waals surface area contributed by atoms with Crippen molar-refractivity contribution < 1.29 is 29.3 Å². The van der Waals surface area contributed by atoms with Crippen LogP contribution in [0.1, 0.15) is 30.9 Å². The average molecular weight is 412 g/mol. The van der Waals surface area contributed by atoms with Crippen LogP contribution < -0.4 is 10.6 Å². The predicted octanol–water partition coefficient (Wildman–Crippen LogP) is 1.87. The topological polar surface area (TPSA) is 125 Å². The molecule has 30 heavy (non-hydrogen) atoms. The lowest BCUT2D eigenvalue weighted by Gasteiger charge is -2.25. The fraction of sp³-hybridized carbons (Fsp3) is 0.318. The van der Waals surface area contributed by atoms with E-state index in [4.69, 9.17) is 9.84 Å². The van der Waals surface area contributed by atoms with Gasteiger partial charge in [-0.15, -0.1) is 0 Å². The lowest BCUT2D eigenvalue weighted by Crippen LogP contribution is -2.59. The number of fused-ring (bicyclic) bond motifs is 3. The highest BCUT2D eigenvalue weighted by atomic mass is 16.5. The number of alkyl carbamates (subject to hydrolysis) is 1. The monoisotopic (exact) mass is 412 g/mol. The van der Waals surface area contributed by atoms with E-state index < -0.39 is 36.2 Å². The van der Waals surface area contributed by atoms with Crippen molar-refractivity contribution in [3.63, 3.8) is 0 Å². The molecule has 0 bridgehead atoms. The highest BCUT2D eigenvalue weighted by Gasteiger charge is 2.36. The van der Waals surface area contributed by atoms with Gasteiger partial charge in [0.05, 0.1) is 6.61 Å². The smallest absolute Gasteiger partial charge is 0.407 e. The first-order valence-corrected chi connectivity index (χ1v) is 9.54. The van der Waals surface area contributed by atoms with E-state index in [-0.39, 0.29) is 12.5 Å². The maximum absolute atomic E-state index is 12.2. The van der Waals surface area contributed by atoms with Gasteiger partial charge in [-0.05, 0) is 36.1 Å². The molecule has 1 unspecified atom stereocenters. The van der Waals surface area contributed by atoms with Crippen LogP contribution >= 0.6 is 0 Å². The van der Waals surface area contributed by atoms with Crippen LogP contribution in [0.2, 0.25) is 0 Å². The molecule has 8 heteroatoms. The molecule has 2 atom stereocenters. The number of carbonyl (C=O) groups is 3. The molecule has 0 saturated heterocycles. The van der Waals surface area contributed by atoms with Crippen LogP contribution in [0.15, 0.2) is 48.5 Å². The molecule has 0 radical (unpaired) electrons. The SMILES string of the molecule is C[C@H](NC(=O)OCC1c2ccccc2-c2ccccc21)C(=O)NC(C)(CO)C(=O)O. The first-order valence-electron chi connectivity index (χ1n) is 9.54. The molecule has 3 rings (SSSR count). The lowest BCUT2D eigenvalue weighted by molar-refractivity contribution is -0.148. The van der Waals surface area contributed by atoms with Gasteiger partial charge in [-0.2, -0.15) is 0 Å². The molecule has 0 saturated carbocycles. The molecule has 4 N–H and O–H groups in total. The number of aliphatic hydroxyl groups excluding tert-OH is 1. The number of carbonyl (C=O) groups excluding carboxylic acids is 2. The first kappa shape index (κ1) is 21.3. The van der Waals surface area contributed by atoms with Crippen molar-refractivity contribution in [1.29, 1.82) is 0 Å². The number of aliphatic hydroxyl groups is 1. The van der Waals surface area contributed by atoms with E-state index in [1.165, 1.54) is 13.8 Å². The van der Waals surface area contributed by atoms with Crippen LogP contribution in [-0.4, -0.2) is 53.0 Å². The molecule has 8 nitrogen and oxygen atoms in total. The molecule has 1 aliphatic carbocycles. The van der Waals surface area contributed by atoms with Crippen molar-refractivity contribution >= 4 is 18.0 Å². The summed E-state index contributed by atoms with van der Waals surface area (Å²) in [6, 6.07) is 14.8. The number of carboxylic acid groups (broad SMARTS) is 1. The standard InChI is InChI=1S/C22H24N2O6/c1-13(19(26)24-22(2,12-25)20(27)28)23-21(29)30-11-18-16-9-5-3-7-14(16)15-8-4-6-10-17(15)18/h3-10,13,18,25H,11-12H2,1-2H3,(H,23,29)(H,24,26)(H,27,28)/t13-,22?/m0/s1.